The molecule has 2 N–H and O–H groups in total. The zero-order chi connectivity index (χ0) is 14.4. The first-order valence-corrected chi connectivity index (χ1v) is 7.59. The van der Waals surface area contributed by atoms with E-state index in [0.29, 0.717) is 0 Å². The summed E-state index contributed by atoms with van der Waals surface area (Å²) in [6, 6.07) is 0.0494. The number of aryl methyl sites for hydroxylation is 1. The second kappa shape index (κ2) is 4.72. The highest BCUT2D eigenvalue weighted by molar-refractivity contribution is 7.15. The van der Waals surface area contributed by atoms with Crippen LogP contribution in [0.1, 0.15) is 51.2 Å². The zero-order valence-electron chi connectivity index (χ0n) is 12.8. The van der Waals surface area contributed by atoms with Crippen molar-refractivity contribution in [2.24, 2.45) is 5.73 Å². The summed E-state index contributed by atoms with van der Waals surface area (Å²) in [5.41, 5.74) is 6.73. The summed E-state index contributed by atoms with van der Waals surface area (Å²) in [5, 5.41) is 1.06. The van der Waals surface area contributed by atoms with Crippen LogP contribution >= 0.6 is 11.3 Å². The Morgan fingerprint density at radius 1 is 1.26 bits per heavy atom. The van der Waals surface area contributed by atoms with Crippen LogP contribution < -0.4 is 10.6 Å². The van der Waals surface area contributed by atoms with Crippen molar-refractivity contribution in [2.45, 2.75) is 58.8 Å². The minimum absolute atomic E-state index is 0.0494. The first-order chi connectivity index (χ1) is 8.60. The quantitative estimate of drug-likeness (QED) is 0.907. The molecule has 0 saturated carbocycles. The van der Waals surface area contributed by atoms with Gasteiger partial charge >= 0.3 is 0 Å². The maximum absolute atomic E-state index is 6.11. The number of thiazole rings is 1. The number of morpholine rings is 1. The first kappa shape index (κ1) is 14.8. The lowest BCUT2D eigenvalue weighted by molar-refractivity contribution is -0.133. The highest BCUT2D eigenvalue weighted by Crippen LogP contribution is 2.35. The van der Waals surface area contributed by atoms with Crippen LogP contribution in [0.4, 0.5) is 5.13 Å². The zero-order valence-corrected chi connectivity index (χ0v) is 13.6. The third-order valence-electron chi connectivity index (χ3n) is 3.20. The molecule has 108 valence electrons. The number of aromatic nitrogens is 1. The van der Waals surface area contributed by atoms with Crippen molar-refractivity contribution in [3.8, 4) is 0 Å². The van der Waals surface area contributed by atoms with E-state index >= 15 is 0 Å². The average Bonchev–Trinajstić information content (AvgIpc) is 2.55. The lowest BCUT2D eigenvalue weighted by atomic mass is 9.99. The number of anilines is 1. The van der Waals surface area contributed by atoms with Gasteiger partial charge in [-0.05, 0) is 41.5 Å². The summed E-state index contributed by atoms with van der Waals surface area (Å²) in [6.45, 7) is 14.3. The number of nitrogens with zero attached hydrogens (tertiary/aromatic N) is 2. The van der Waals surface area contributed by atoms with Gasteiger partial charge in [-0.3, -0.25) is 0 Å². The summed E-state index contributed by atoms with van der Waals surface area (Å²) in [4.78, 5) is 8.20. The van der Waals surface area contributed by atoms with Gasteiger partial charge in [0, 0.05) is 24.0 Å². The lowest BCUT2D eigenvalue weighted by Gasteiger charge is -2.47. The lowest BCUT2D eigenvalue weighted by Crippen LogP contribution is -2.57. The Kier molecular flexibility index (Phi) is 3.66. The molecule has 2 rings (SSSR count). The molecule has 4 nitrogen and oxygen atoms in total. The molecule has 1 unspecified atom stereocenters. The minimum Gasteiger partial charge on any atom is -0.366 e. The second-order valence-corrected chi connectivity index (χ2v) is 7.72. The summed E-state index contributed by atoms with van der Waals surface area (Å²) < 4.78 is 6.11. The molecule has 0 bridgehead atoms. The normalized spacial score (nSPS) is 23.4. The third kappa shape index (κ3) is 3.27. The molecule has 1 aliphatic heterocycles. The van der Waals surface area contributed by atoms with Crippen LogP contribution in [0.15, 0.2) is 0 Å². The molecule has 1 aliphatic rings. The van der Waals surface area contributed by atoms with Crippen LogP contribution in [0.25, 0.3) is 0 Å². The molecular formula is C14H25N3OS. The molecule has 0 spiro atoms. The highest BCUT2D eigenvalue weighted by Gasteiger charge is 2.39. The van der Waals surface area contributed by atoms with Crippen LogP contribution in [0.5, 0.6) is 0 Å². The van der Waals surface area contributed by atoms with E-state index in [2.05, 4.69) is 32.6 Å². The molecule has 2 heterocycles. The van der Waals surface area contributed by atoms with Crippen molar-refractivity contribution < 1.29 is 4.74 Å². The van der Waals surface area contributed by atoms with Gasteiger partial charge in [0.1, 0.15) is 0 Å². The van der Waals surface area contributed by atoms with Gasteiger partial charge in [-0.2, -0.15) is 0 Å². The van der Waals surface area contributed by atoms with E-state index in [1.807, 2.05) is 13.8 Å². The summed E-state index contributed by atoms with van der Waals surface area (Å²) in [7, 11) is 0. The van der Waals surface area contributed by atoms with Gasteiger partial charge in [0.25, 0.3) is 0 Å². The molecule has 0 radical (unpaired) electrons. The van der Waals surface area contributed by atoms with Crippen LogP contribution in [0.2, 0.25) is 0 Å². The molecule has 0 amide bonds. The van der Waals surface area contributed by atoms with Crippen molar-refractivity contribution in [3.63, 3.8) is 0 Å². The highest BCUT2D eigenvalue weighted by atomic mass is 32.1. The van der Waals surface area contributed by atoms with Gasteiger partial charge in [0.15, 0.2) is 5.13 Å². The fraction of sp³-hybridized carbons (Fsp3) is 0.786. The molecule has 5 heteroatoms. The molecule has 1 aromatic heterocycles. The van der Waals surface area contributed by atoms with E-state index < -0.39 is 0 Å². The molecule has 0 aliphatic carbocycles. The molecule has 1 atom stereocenters. The molecule has 1 saturated heterocycles. The van der Waals surface area contributed by atoms with Crippen molar-refractivity contribution in [3.05, 3.63) is 10.6 Å². The van der Waals surface area contributed by atoms with Gasteiger partial charge < -0.3 is 15.4 Å². The average molecular weight is 283 g/mol. The largest absolute Gasteiger partial charge is 0.366 e. The van der Waals surface area contributed by atoms with E-state index in [0.717, 1.165) is 23.9 Å². The molecule has 1 fully saturated rings. The second-order valence-electron chi connectivity index (χ2n) is 6.71. The van der Waals surface area contributed by atoms with Crippen molar-refractivity contribution in [2.75, 3.05) is 18.0 Å². The van der Waals surface area contributed by atoms with Gasteiger partial charge in [-0.1, -0.05) is 0 Å². The standard InChI is InChI=1S/C14H25N3OS/c1-9(15)11-10(2)16-12(19-11)17-7-13(3,4)18-14(5,6)8-17/h9H,7-8,15H2,1-6H3. The Bertz CT molecular complexity index is 449. The predicted octanol–water partition coefficient (Wildman–Crippen LogP) is 2.87. The van der Waals surface area contributed by atoms with Crippen LogP contribution in [-0.2, 0) is 4.74 Å². The molecule has 19 heavy (non-hydrogen) atoms. The molecule has 1 aromatic rings. The smallest absolute Gasteiger partial charge is 0.186 e. The summed E-state index contributed by atoms with van der Waals surface area (Å²) >= 11 is 1.71. The Hall–Kier alpha value is -0.650. The van der Waals surface area contributed by atoms with Gasteiger partial charge in [-0.15, -0.1) is 11.3 Å². The van der Waals surface area contributed by atoms with Gasteiger partial charge in [-0.25, -0.2) is 4.98 Å². The van der Waals surface area contributed by atoms with Crippen LogP contribution in [0.3, 0.4) is 0 Å². The van der Waals surface area contributed by atoms with Crippen LogP contribution in [0, 0.1) is 6.92 Å². The Morgan fingerprint density at radius 3 is 2.21 bits per heavy atom. The number of hydrogen-bond acceptors (Lipinski definition) is 5. The molecule has 0 aromatic carbocycles. The summed E-state index contributed by atoms with van der Waals surface area (Å²) in [5.74, 6) is 0. The van der Waals surface area contributed by atoms with Gasteiger partial charge in [0.2, 0.25) is 0 Å². The number of hydrogen-bond donors (Lipinski definition) is 1. The van der Waals surface area contributed by atoms with E-state index in [9.17, 15) is 0 Å². The first-order valence-electron chi connectivity index (χ1n) is 6.78. The fourth-order valence-electron chi connectivity index (χ4n) is 2.87. The Morgan fingerprint density at radius 2 is 1.79 bits per heavy atom. The number of nitrogens with two attached hydrogens (primary N) is 1. The number of rotatable bonds is 2. The van der Waals surface area contributed by atoms with Crippen molar-refractivity contribution in [1.29, 1.82) is 0 Å². The summed E-state index contributed by atoms with van der Waals surface area (Å²) in [6.07, 6.45) is 0. The number of ether oxygens (including phenoxy) is 1. The maximum atomic E-state index is 6.11. The maximum Gasteiger partial charge on any atom is 0.186 e. The van der Waals surface area contributed by atoms with Crippen LogP contribution in [-0.4, -0.2) is 29.3 Å². The predicted molar refractivity (Wildman–Crippen MR) is 80.9 cm³/mol. The van der Waals surface area contributed by atoms with E-state index in [-0.39, 0.29) is 17.2 Å². The Labute approximate surface area is 120 Å². The SMILES string of the molecule is Cc1nc(N2CC(C)(C)OC(C)(C)C2)sc1C(C)N. The van der Waals surface area contributed by atoms with E-state index in [1.165, 1.54) is 4.88 Å². The molecular weight excluding hydrogens is 258 g/mol. The fourth-order valence-corrected chi connectivity index (χ4v) is 3.89. The van der Waals surface area contributed by atoms with Crippen molar-refractivity contribution in [1.82, 2.24) is 4.98 Å². The van der Waals surface area contributed by atoms with E-state index in [1.54, 1.807) is 11.3 Å². The topological polar surface area (TPSA) is 51.4 Å². The minimum atomic E-state index is -0.157. The van der Waals surface area contributed by atoms with E-state index in [4.69, 9.17) is 15.5 Å². The Balaban J connectivity index is 2.28. The van der Waals surface area contributed by atoms with Gasteiger partial charge in [0.05, 0.1) is 16.9 Å². The third-order valence-corrected chi connectivity index (χ3v) is 4.62. The monoisotopic (exact) mass is 283 g/mol. The van der Waals surface area contributed by atoms with Crippen molar-refractivity contribution >= 4 is 16.5 Å².